The zero-order valence-electron chi connectivity index (χ0n) is 5.88. The Labute approximate surface area is 80.8 Å². The van der Waals surface area contributed by atoms with Crippen LogP contribution in [0.2, 0.25) is 0 Å². The van der Waals surface area contributed by atoms with Crippen LogP contribution in [0.4, 0.5) is 0 Å². The quantitative estimate of drug-likeness (QED) is 0.558. The maximum absolute atomic E-state index is 10.7. The summed E-state index contributed by atoms with van der Waals surface area (Å²) in [6.07, 6.45) is 0. The molecule has 66 valence electrons. The summed E-state index contributed by atoms with van der Waals surface area (Å²) < 4.78 is 18.2. The number of halogens is 3. The summed E-state index contributed by atoms with van der Waals surface area (Å²) in [5, 5.41) is 0. The summed E-state index contributed by atoms with van der Waals surface area (Å²) in [6, 6.07) is 0. The second-order valence-corrected chi connectivity index (χ2v) is 4.86. The summed E-state index contributed by atoms with van der Waals surface area (Å²) in [6.45, 7) is 2.82. The van der Waals surface area contributed by atoms with Gasteiger partial charge in [0.15, 0.2) is 5.56 Å². The van der Waals surface area contributed by atoms with E-state index in [1.807, 2.05) is 0 Å². The maximum atomic E-state index is 10.7. The first-order chi connectivity index (χ1) is 4.81. The van der Waals surface area contributed by atoms with Crippen molar-refractivity contribution in [3.8, 4) is 0 Å². The lowest BCUT2D eigenvalue weighted by Gasteiger charge is -2.02. The molecule has 0 aliphatic carbocycles. The molecule has 0 radical (unpaired) electrons. The van der Waals surface area contributed by atoms with Crippen LogP contribution < -0.4 is 0 Å². The molecule has 0 aliphatic heterocycles. The summed E-state index contributed by atoms with van der Waals surface area (Å²) in [5.41, 5.74) is -0.700. The minimum Gasteiger partial charge on any atom is -0.0997 e. The van der Waals surface area contributed by atoms with E-state index in [9.17, 15) is 4.57 Å². The van der Waals surface area contributed by atoms with E-state index in [0.29, 0.717) is 0 Å². The second-order valence-electron chi connectivity index (χ2n) is 1.77. The van der Waals surface area contributed by atoms with Gasteiger partial charge >= 0.3 is 8.25 Å². The molecule has 0 saturated carbocycles. The average Bonchev–Trinajstić information content (AvgIpc) is 1.53. The third-order valence-electron chi connectivity index (χ3n) is 0.466. The summed E-state index contributed by atoms with van der Waals surface area (Å²) >= 11 is 16.0. The first-order valence-electron chi connectivity index (χ1n) is 2.66. The molecule has 0 aromatic carbocycles. The van der Waals surface area contributed by atoms with Crippen molar-refractivity contribution in [3.05, 3.63) is 0 Å². The fraction of sp³-hybridized carbons (Fsp3) is 1.00. The normalized spacial score (nSPS) is 16.3. The summed E-state index contributed by atoms with van der Waals surface area (Å²) in [7, 11) is -2.35. The molecule has 0 saturated heterocycles. The van der Waals surface area contributed by atoms with Gasteiger partial charge in [0.05, 0.1) is 0 Å². The Morgan fingerprint density at radius 2 is 2.00 bits per heavy atom. The fourth-order valence-electron chi connectivity index (χ4n) is 0.271. The Morgan fingerprint density at radius 3 is 2.27 bits per heavy atom. The van der Waals surface area contributed by atoms with E-state index in [-0.39, 0.29) is 0 Å². The third-order valence-corrected chi connectivity index (χ3v) is 2.05. The Kier molecular flexibility index (Phi) is 5.19. The third kappa shape index (κ3) is 8.80. The van der Waals surface area contributed by atoms with Crippen LogP contribution in [0, 0.1) is 0 Å². The van der Waals surface area contributed by atoms with Crippen LogP contribution in [0.15, 0.2) is 0 Å². The van der Waals surface area contributed by atoms with Crippen LogP contribution in [-0.4, -0.2) is 10.1 Å². The van der Waals surface area contributed by atoms with E-state index in [4.69, 9.17) is 34.8 Å². The predicted octanol–water partition coefficient (Wildman–Crippen LogP) is 3.41. The average molecular weight is 240 g/mol. The minimum absolute atomic E-state index is 0.700. The van der Waals surface area contributed by atoms with Crippen molar-refractivity contribution in [3.63, 3.8) is 0 Å². The van der Waals surface area contributed by atoms with Gasteiger partial charge < -0.3 is 0 Å². The largest absolute Gasteiger partial charge is 0.702 e. The number of alkyl halides is 3. The number of hydrogen-bond acceptors (Lipinski definition) is 3. The van der Waals surface area contributed by atoms with Crippen LogP contribution in [-0.2, 0) is 13.6 Å². The zero-order chi connectivity index (χ0) is 9.07. The predicted molar refractivity (Wildman–Crippen MR) is 45.2 cm³/mol. The summed E-state index contributed by atoms with van der Waals surface area (Å²) in [5.74, 6) is 0. The first-order valence-corrected chi connectivity index (χ1v) is 4.95. The van der Waals surface area contributed by atoms with Crippen LogP contribution in [0.25, 0.3) is 0 Å². The van der Waals surface area contributed by atoms with Crippen LogP contribution in [0.5, 0.6) is 0 Å². The Morgan fingerprint density at radius 1 is 1.55 bits per heavy atom. The summed E-state index contributed by atoms with van der Waals surface area (Å²) in [4.78, 5) is 0. The highest BCUT2D eigenvalue weighted by Crippen LogP contribution is 2.37. The molecular weight excluding hydrogens is 233 g/mol. The van der Waals surface area contributed by atoms with E-state index < -0.39 is 18.3 Å². The molecule has 0 heterocycles. The van der Waals surface area contributed by atoms with Gasteiger partial charge in [-0.15, -0.1) is 0 Å². The smallest absolute Gasteiger partial charge is 0.0997 e. The molecule has 2 atom stereocenters. The highest BCUT2D eigenvalue weighted by molar-refractivity contribution is 7.33. The fourth-order valence-corrected chi connectivity index (χ4v) is 1.35. The lowest BCUT2D eigenvalue weighted by molar-refractivity contribution is 0.192. The van der Waals surface area contributed by atoms with Crippen molar-refractivity contribution >= 4 is 43.1 Å². The molecule has 0 aliphatic rings. The van der Waals surface area contributed by atoms with Crippen molar-refractivity contribution in [2.24, 2.45) is 0 Å². The van der Waals surface area contributed by atoms with Gasteiger partial charge in [0.1, 0.15) is 0 Å². The molecule has 0 aromatic rings. The Balaban J connectivity index is 3.71. The van der Waals surface area contributed by atoms with Gasteiger partial charge in [-0.25, -0.2) is 0 Å². The maximum Gasteiger partial charge on any atom is 0.702 e. The van der Waals surface area contributed by atoms with Gasteiger partial charge in [0.25, 0.3) is 4.52 Å². The SMILES string of the molecule is CC(Cl)O[P+](=O)OC(C)(Cl)Cl. The van der Waals surface area contributed by atoms with Crippen molar-refractivity contribution in [1.82, 2.24) is 0 Å². The monoisotopic (exact) mass is 239 g/mol. The molecule has 0 bridgehead atoms. The highest BCUT2D eigenvalue weighted by atomic mass is 35.5. The number of rotatable bonds is 4. The molecule has 0 spiro atoms. The molecule has 0 fully saturated rings. The molecule has 0 aromatic heterocycles. The minimum atomic E-state index is -2.35. The van der Waals surface area contributed by atoms with Crippen molar-refractivity contribution in [2.45, 2.75) is 23.9 Å². The molecule has 7 heteroatoms. The zero-order valence-corrected chi connectivity index (χ0v) is 9.05. The molecule has 0 N–H and O–H groups in total. The Hall–Kier alpha value is 0.890. The molecule has 2 unspecified atom stereocenters. The van der Waals surface area contributed by atoms with Gasteiger partial charge in [-0.05, 0) is 13.8 Å². The first kappa shape index (κ1) is 11.9. The van der Waals surface area contributed by atoms with Crippen LogP contribution in [0.3, 0.4) is 0 Å². The van der Waals surface area contributed by atoms with Crippen LogP contribution in [0.1, 0.15) is 13.8 Å². The number of hydrogen-bond donors (Lipinski definition) is 0. The molecule has 0 amide bonds. The van der Waals surface area contributed by atoms with E-state index >= 15 is 0 Å². The standard InChI is InChI=1S/C4H7Cl3O3P/c1-3(5)9-11(8)10-4(2,6)7/h3H,1-2H3/q+1. The Bertz CT molecular complexity index is 144. The van der Waals surface area contributed by atoms with Gasteiger partial charge in [0.2, 0.25) is 0 Å². The van der Waals surface area contributed by atoms with Crippen LogP contribution >= 0.6 is 43.1 Å². The van der Waals surface area contributed by atoms with Gasteiger partial charge in [0, 0.05) is 4.57 Å². The molecular formula is C4H7Cl3O3P+. The second kappa shape index (κ2) is 4.80. The lowest BCUT2D eigenvalue weighted by Crippen LogP contribution is -2.07. The van der Waals surface area contributed by atoms with E-state index in [2.05, 4.69) is 9.05 Å². The van der Waals surface area contributed by atoms with E-state index in [0.717, 1.165) is 0 Å². The molecule has 3 nitrogen and oxygen atoms in total. The molecule has 0 rings (SSSR count). The van der Waals surface area contributed by atoms with Crippen molar-refractivity contribution < 1.29 is 13.6 Å². The van der Waals surface area contributed by atoms with E-state index in [1.165, 1.54) is 13.8 Å². The lowest BCUT2D eigenvalue weighted by atomic mass is 10.9. The van der Waals surface area contributed by atoms with Gasteiger partial charge in [-0.1, -0.05) is 43.9 Å². The van der Waals surface area contributed by atoms with Gasteiger partial charge in [-0.2, -0.15) is 0 Å². The van der Waals surface area contributed by atoms with Crippen molar-refractivity contribution in [2.75, 3.05) is 0 Å². The molecule has 11 heavy (non-hydrogen) atoms. The van der Waals surface area contributed by atoms with Crippen molar-refractivity contribution in [1.29, 1.82) is 0 Å². The van der Waals surface area contributed by atoms with E-state index in [1.54, 1.807) is 0 Å². The van der Waals surface area contributed by atoms with Gasteiger partial charge in [-0.3, -0.25) is 0 Å². The highest BCUT2D eigenvalue weighted by Gasteiger charge is 2.35. The topological polar surface area (TPSA) is 35.5 Å².